The number of aromatic nitrogens is 1. The maximum absolute atomic E-state index is 5.76. The number of ether oxygens (including phenoxy) is 1. The first-order valence-corrected chi connectivity index (χ1v) is 6.26. The lowest BCUT2D eigenvalue weighted by atomic mass is 9.95. The van der Waals surface area contributed by atoms with Gasteiger partial charge in [0.15, 0.2) is 0 Å². The molecule has 3 heteroatoms. The molecule has 0 spiro atoms. The standard InChI is InChI=1S/C15H16N2O/c1-2-6-15-13(4-1)8-12(9-17-15)11-18-14-5-3-7-16-10-14/h1-7,10,12,17H,8-9,11H2. The minimum absolute atomic E-state index is 0.514. The normalized spacial score (nSPS) is 17.7. The highest BCUT2D eigenvalue weighted by Crippen LogP contribution is 2.24. The number of pyridine rings is 1. The summed E-state index contributed by atoms with van der Waals surface area (Å²) in [6, 6.07) is 12.3. The Kier molecular flexibility index (Phi) is 3.13. The highest BCUT2D eigenvalue weighted by molar-refractivity contribution is 5.53. The van der Waals surface area contributed by atoms with Gasteiger partial charge in [0.05, 0.1) is 12.8 Å². The fourth-order valence-corrected chi connectivity index (χ4v) is 2.27. The molecule has 3 rings (SSSR count). The van der Waals surface area contributed by atoms with Gasteiger partial charge in [-0.2, -0.15) is 0 Å². The zero-order valence-electron chi connectivity index (χ0n) is 10.2. The number of benzene rings is 1. The Hall–Kier alpha value is -2.03. The lowest BCUT2D eigenvalue weighted by molar-refractivity contribution is 0.252. The first-order valence-electron chi connectivity index (χ1n) is 6.26. The van der Waals surface area contributed by atoms with Gasteiger partial charge in [0, 0.05) is 24.3 Å². The molecule has 18 heavy (non-hydrogen) atoms. The zero-order valence-corrected chi connectivity index (χ0v) is 10.2. The number of nitrogens with zero attached hydrogens (tertiary/aromatic N) is 1. The van der Waals surface area contributed by atoms with Crippen molar-refractivity contribution in [2.24, 2.45) is 5.92 Å². The van der Waals surface area contributed by atoms with Crippen LogP contribution in [0.3, 0.4) is 0 Å². The second-order valence-electron chi connectivity index (χ2n) is 4.61. The van der Waals surface area contributed by atoms with Crippen LogP contribution < -0.4 is 10.1 Å². The van der Waals surface area contributed by atoms with Crippen LogP contribution in [-0.2, 0) is 6.42 Å². The predicted molar refractivity (Wildman–Crippen MR) is 71.9 cm³/mol. The largest absolute Gasteiger partial charge is 0.492 e. The molecule has 1 unspecified atom stereocenters. The third kappa shape index (κ3) is 2.45. The van der Waals surface area contributed by atoms with E-state index in [1.807, 2.05) is 12.1 Å². The molecule has 92 valence electrons. The predicted octanol–water partition coefficient (Wildman–Crippen LogP) is 2.74. The van der Waals surface area contributed by atoms with Crippen molar-refractivity contribution < 1.29 is 4.74 Å². The number of fused-ring (bicyclic) bond motifs is 1. The van der Waals surface area contributed by atoms with E-state index in [2.05, 4.69) is 34.6 Å². The Balaban J connectivity index is 1.60. The summed E-state index contributed by atoms with van der Waals surface area (Å²) in [5, 5.41) is 3.45. The Morgan fingerprint density at radius 3 is 3.06 bits per heavy atom. The van der Waals surface area contributed by atoms with E-state index in [0.717, 1.165) is 25.3 Å². The third-order valence-corrected chi connectivity index (χ3v) is 3.23. The van der Waals surface area contributed by atoms with Gasteiger partial charge in [0.1, 0.15) is 5.75 Å². The monoisotopic (exact) mass is 240 g/mol. The Labute approximate surface area is 107 Å². The number of rotatable bonds is 3. The molecule has 0 bridgehead atoms. The van der Waals surface area contributed by atoms with Crippen LogP contribution in [-0.4, -0.2) is 18.1 Å². The van der Waals surface area contributed by atoms with Gasteiger partial charge in [0.25, 0.3) is 0 Å². The maximum atomic E-state index is 5.76. The summed E-state index contributed by atoms with van der Waals surface area (Å²) < 4.78 is 5.76. The molecule has 2 heterocycles. The molecule has 0 amide bonds. The fourth-order valence-electron chi connectivity index (χ4n) is 2.27. The van der Waals surface area contributed by atoms with Crippen LogP contribution in [0.15, 0.2) is 48.8 Å². The Morgan fingerprint density at radius 2 is 2.17 bits per heavy atom. The summed E-state index contributed by atoms with van der Waals surface area (Å²) in [5.41, 5.74) is 2.64. The van der Waals surface area contributed by atoms with Crippen molar-refractivity contribution in [2.45, 2.75) is 6.42 Å². The van der Waals surface area contributed by atoms with E-state index in [-0.39, 0.29) is 0 Å². The zero-order chi connectivity index (χ0) is 12.2. The van der Waals surface area contributed by atoms with Crippen molar-refractivity contribution >= 4 is 5.69 Å². The van der Waals surface area contributed by atoms with Crippen LogP contribution in [0.4, 0.5) is 5.69 Å². The second kappa shape index (κ2) is 5.08. The molecule has 0 radical (unpaired) electrons. The van der Waals surface area contributed by atoms with Crippen molar-refractivity contribution in [1.29, 1.82) is 0 Å². The molecule has 1 N–H and O–H groups in total. The van der Waals surface area contributed by atoms with Gasteiger partial charge in [-0.1, -0.05) is 18.2 Å². The van der Waals surface area contributed by atoms with Crippen molar-refractivity contribution in [1.82, 2.24) is 4.98 Å². The summed E-state index contributed by atoms with van der Waals surface area (Å²) in [7, 11) is 0. The van der Waals surface area contributed by atoms with Crippen molar-refractivity contribution in [3.05, 3.63) is 54.4 Å². The minimum Gasteiger partial charge on any atom is -0.492 e. The van der Waals surface area contributed by atoms with Gasteiger partial charge in [-0.05, 0) is 30.2 Å². The molecular weight excluding hydrogens is 224 g/mol. The van der Waals surface area contributed by atoms with Gasteiger partial charge < -0.3 is 10.1 Å². The SMILES string of the molecule is c1cncc(OCC2CNc3ccccc3C2)c1. The molecule has 1 aliphatic rings. The molecule has 1 atom stereocenters. The van der Waals surface area contributed by atoms with Crippen LogP contribution >= 0.6 is 0 Å². The second-order valence-corrected chi connectivity index (χ2v) is 4.61. The lowest BCUT2D eigenvalue weighted by Crippen LogP contribution is -2.27. The molecule has 1 aromatic carbocycles. The lowest BCUT2D eigenvalue weighted by Gasteiger charge is -2.26. The van der Waals surface area contributed by atoms with E-state index in [0.29, 0.717) is 5.92 Å². The van der Waals surface area contributed by atoms with E-state index in [9.17, 15) is 0 Å². The molecule has 0 saturated carbocycles. The van der Waals surface area contributed by atoms with Gasteiger partial charge in [0.2, 0.25) is 0 Å². The van der Waals surface area contributed by atoms with Crippen LogP contribution in [0.2, 0.25) is 0 Å². The first kappa shape index (κ1) is 11.1. The quantitative estimate of drug-likeness (QED) is 0.895. The van der Waals surface area contributed by atoms with E-state index >= 15 is 0 Å². The number of hydrogen-bond acceptors (Lipinski definition) is 3. The van der Waals surface area contributed by atoms with E-state index in [1.54, 1.807) is 12.4 Å². The highest BCUT2D eigenvalue weighted by atomic mass is 16.5. The summed E-state index contributed by atoms with van der Waals surface area (Å²) in [6.45, 7) is 1.70. The van der Waals surface area contributed by atoms with Crippen molar-refractivity contribution in [2.75, 3.05) is 18.5 Å². The van der Waals surface area contributed by atoms with Crippen molar-refractivity contribution in [3.8, 4) is 5.75 Å². The first-order chi connectivity index (χ1) is 8.92. The molecule has 0 saturated heterocycles. The maximum Gasteiger partial charge on any atom is 0.137 e. The van der Waals surface area contributed by atoms with Gasteiger partial charge >= 0.3 is 0 Å². The molecule has 1 aromatic heterocycles. The molecule has 2 aromatic rings. The van der Waals surface area contributed by atoms with Crippen LogP contribution in [0.25, 0.3) is 0 Å². The van der Waals surface area contributed by atoms with Gasteiger partial charge in [-0.25, -0.2) is 0 Å². The average molecular weight is 240 g/mol. The Morgan fingerprint density at radius 1 is 1.22 bits per heavy atom. The molecule has 1 aliphatic heterocycles. The van der Waals surface area contributed by atoms with E-state index in [4.69, 9.17) is 4.74 Å². The summed E-state index contributed by atoms with van der Waals surface area (Å²) in [4.78, 5) is 4.04. The number of hydrogen-bond donors (Lipinski definition) is 1. The number of para-hydroxylation sites is 1. The topological polar surface area (TPSA) is 34.1 Å². The smallest absolute Gasteiger partial charge is 0.137 e. The van der Waals surface area contributed by atoms with Gasteiger partial charge in [-0.15, -0.1) is 0 Å². The third-order valence-electron chi connectivity index (χ3n) is 3.23. The average Bonchev–Trinajstić information content (AvgIpc) is 2.46. The van der Waals surface area contributed by atoms with E-state index in [1.165, 1.54) is 11.3 Å². The van der Waals surface area contributed by atoms with E-state index < -0.39 is 0 Å². The molecule has 0 fully saturated rings. The molecular formula is C15H16N2O. The number of nitrogens with one attached hydrogen (secondary N) is 1. The molecule has 0 aliphatic carbocycles. The fraction of sp³-hybridized carbons (Fsp3) is 0.267. The van der Waals surface area contributed by atoms with Crippen LogP contribution in [0, 0.1) is 5.92 Å². The van der Waals surface area contributed by atoms with Crippen LogP contribution in [0.5, 0.6) is 5.75 Å². The van der Waals surface area contributed by atoms with Crippen LogP contribution in [0.1, 0.15) is 5.56 Å². The van der Waals surface area contributed by atoms with Gasteiger partial charge in [-0.3, -0.25) is 4.98 Å². The summed E-state index contributed by atoms with van der Waals surface area (Å²) in [6.07, 6.45) is 4.58. The number of anilines is 1. The molecule has 3 nitrogen and oxygen atoms in total. The van der Waals surface area contributed by atoms with Crippen molar-refractivity contribution in [3.63, 3.8) is 0 Å². The minimum atomic E-state index is 0.514. The Bertz CT molecular complexity index is 513. The summed E-state index contributed by atoms with van der Waals surface area (Å²) in [5.74, 6) is 1.36. The summed E-state index contributed by atoms with van der Waals surface area (Å²) >= 11 is 0. The highest BCUT2D eigenvalue weighted by Gasteiger charge is 2.18.